The summed E-state index contributed by atoms with van der Waals surface area (Å²) in [4.78, 5) is 13.1. The van der Waals surface area contributed by atoms with Gasteiger partial charge < -0.3 is 5.32 Å². The minimum absolute atomic E-state index is 0.185. The molecule has 1 aromatic carbocycles. The average molecular weight is 290 g/mol. The first kappa shape index (κ1) is 13.2. The van der Waals surface area contributed by atoms with Gasteiger partial charge in [0.05, 0.1) is 6.04 Å². The monoisotopic (exact) mass is 290 g/mol. The van der Waals surface area contributed by atoms with Crippen LogP contribution in [0, 0.1) is 0 Å². The molecule has 22 heavy (non-hydrogen) atoms. The fourth-order valence-corrected chi connectivity index (χ4v) is 3.39. The largest absolute Gasteiger partial charge is 0.363 e. The second-order valence-corrected chi connectivity index (χ2v) is 6.47. The Bertz CT molecular complexity index is 841. The van der Waals surface area contributed by atoms with Gasteiger partial charge in [-0.15, -0.1) is 0 Å². The van der Waals surface area contributed by atoms with E-state index in [0.717, 1.165) is 17.8 Å². The molecule has 1 atom stereocenters. The summed E-state index contributed by atoms with van der Waals surface area (Å²) in [6, 6.07) is 12.9. The number of nitrogens with one attached hydrogen (secondary N) is 1. The SMILES string of the molecule is CC1(C)CC(Nc2ccc3nccnc3n2)c2ccccc21. The molecule has 1 unspecified atom stereocenters. The van der Waals surface area contributed by atoms with Crippen molar-refractivity contribution in [3.8, 4) is 0 Å². The van der Waals surface area contributed by atoms with E-state index < -0.39 is 0 Å². The van der Waals surface area contributed by atoms with Crippen molar-refractivity contribution in [3.05, 3.63) is 59.9 Å². The number of nitrogens with zero attached hydrogens (tertiary/aromatic N) is 3. The van der Waals surface area contributed by atoms with Crippen molar-refractivity contribution in [2.24, 2.45) is 0 Å². The van der Waals surface area contributed by atoms with Gasteiger partial charge in [-0.05, 0) is 35.1 Å². The molecule has 1 N–H and O–H groups in total. The number of fused-ring (bicyclic) bond motifs is 2. The van der Waals surface area contributed by atoms with E-state index in [1.165, 1.54) is 11.1 Å². The van der Waals surface area contributed by atoms with Crippen molar-refractivity contribution < 1.29 is 0 Å². The fraction of sp³-hybridized carbons (Fsp3) is 0.278. The van der Waals surface area contributed by atoms with E-state index in [2.05, 4.69) is 58.4 Å². The van der Waals surface area contributed by atoms with E-state index in [-0.39, 0.29) is 11.5 Å². The van der Waals surface area contributed by atoms with Gasteiger partial charge in [0.2, 0.25) is 0 Å². The predicted octanol–water partition coefficient (Wildman–Crippen LogP) is 3.86. The maximum Gasteiger partial charge on any atom is 0.180 e. The molecule has 1 aliphatic carbocycles. The minimum Gasteiger partial charge on any atom is -0.363 e. The summed E-state index contributed by atoms with van der Waals surface area (Å²) < 4.78 is 0. The minimum atomic E-state index is 0.185. The van der Waals surface area contributed by atoms with Crippen LogP contribution in [0.3, 0.4) is 0 Å². The van der Waals surface area contributed by atoms with Gasteiger partial charge in [0.1, 0.15) is 11.3 Å². The summed E-state index contributed by atoms with van der Waals surface area (Å²) in [7, 11) is 0. The Hall–Kier alpha value is -2.49. The molecule has 0 aliphatic heterocycles. The topological polar surface area (TPSA) is 50.7 Å². The number of anilines is 1. The third-order valence-electron chi connectivity index (χ3n) is 4.43. The highest BCUT2D eigenvalue weighted by atomic mass is 15.0. The van der Waals surface area contributed by atoms with Crippen LogP contribution in [0.5, 0.6) is 0 Å². The Labute approximate surface area is 129 Å². The van der Waals surface area contributed by atoms with Gasteiger partial charge in [-0.1, -0.05) is 38.1 Å². The third-order valence-corrected chi connectivity index (χ3v) is 4.43. The molecule has 110 valence electrons. The highest BCUT2D eigenvalue weighted by Crippen LogP contribution is 2.45. The zero-order chi connectivity index (χ0) is 15.2. The van der Waals surface area contributed by atoms with Crippen LogP contribution < -0.4 is 5.32 Å². The van der Waals surface area contributed by atoms with Crippen LogP contribution >= 0.6 is 0 Å². The van der Waals surface area contributed by atoms with Gasteiger partial charge in [-0.3, -0.25) is 4.98 Å². The van der Waals surface area contributed by atoms with Crippen LogP contribution in [0.1, 0.15) is 37.4 Å². The molecule has 0 radical (unpaired) electrons. The Kier molecular flexibility index (Phi) is 2.86. The van der Waals surface area contributed by atoms with Crippen molar-refractivity contribution in [2.75, 3.05) is 5.32 Å². The first-order valence-corrected chi connectivity index (χ1v) is 7.57. The third kappa shape index (κ3) is 2.11. The normalized spacial score (nSPS) is 19.1. The first-order valence-electron chi connectivity index (χ1n) is 7.57. The highest BCUT2D eigenvalue weighted by molar-refractivity contribution is 5.71. The summed E-state index contributed by atoms with van der Waals surface area (Å²) >= 11 is 0. The molecule has 3 aromatic rings. The lowest BCUT2D eigenvalue weighted by Crippen LogP contribution is -2.14. The Morgan fingerprint density at radius 2 is 1.86 bits per heavy atom. The molecule has 2 aromatic heterocycles. The van der Waals surface area contributed by atoms with Gasteiger partial charge in [-0.2, -0.15) is 0 Å². The van der Waals surface area contributed by atoms with Gasteiger partial charge in [0, 0.05) is 12.4 Å². The van der Waals surface area contributed by atoms with E-state index in [9.17, 15) is 0 Å². The molecular weight excluding hydrogens is 272 g/mol. The summed E-state index contributed by atoms with van der Waals surface area (Å²) in [5.41, 5.74) is 4.48. The van der Waals surface area contributed by atoms with E-state index in [1.807, 2.05) is 12.1 Å². The number of rotatable bonds is 2. The number of aromatic nitrogens is 3. The highest BCUT2D eigenvalue weighted by Gasteiger charge is 2.36. The predicted molar refractivity (Wildman–Crippen MR) is 87.8 cm³/mol. The molecule has 0 amide bonds. The molecule has 4 nitrogen and oxygen atoms in total. The van der Waals surface area contributed by atoms with Crippen molar-refractivity contribution in [3.63, 3.8) is 0 Å². The lowest BCUT2D eigenvalue weighted by atomic mass is 9.86. The summed E-state index contributed by atoms with van der Waals surface area (Å²) in [6.45, 7) is 4.60. The zero-order valence-corrected chi connectivity index (χ0v) is 12.7. The van der Waals surface area contributed by atoms with Gasteiger partial charge in [-0.25, -0.2) is 9.97 Å². The fourth-order valence-electron chi connectivity index (χ4n) is 3.39. The quantitative estimate of drug-likeness (QED) is 0.778. The van der Waals surface area contributed by atoms with Crippen molar-refractivity contribution in [1.29, 1.82) is 0 Å². The number of hydrogen-bond donors (Lipinski definition) is 1. The van der Waals surface area contributed by atoms with E-state index in [1.54, 1.807) is 12.4 Å². The second kappa shape index (κ2) is 4.77. The van der Waals surface area contributed by atoms with Crippen LogP contribution in [0.25, 0.3) is 11.2 Å². The Morgan fingerprint density at radius 1 is 1.05 bits per heavy atom. The number of pyridine rings is 1. The molecule has 0 spiro atoms. The molecule has 0 fully saturated rings. The van der Waals surface area contributed by atoms with Crippen molar-refractivity contribution in [1.82, 2.24) is 15.0 Å². The van der Waals surface area contributed by atoms with Crippen LogP contribution in [-0.4, -0.2) is 15.0 Å². The number of benzene rings is 1. The summed E-state index contributed by atoms with van der Waals surface area (Å²) in [5, 5.41) is 3.57. The molecule has 1 aliphatic rings. The van der Waals surface area contributed by atoms with Gasteiger partial charge in [0.15, 0.2) is 5.65 Å². The molecule has 0 saturated heterocycles. The van der Waals surface area contributed by atoms with Crippen LogP contribution in [0.4, 0.5) is 5.82 Å². The molecule has 2 heterocycles. The lowest BCUT2D eigenvalue weighted by molar-refractivity contribution is 0.493. The number of hydrogen-bond acceptors (Lipinski definition) is 4. The molecule has 0 saturated carbocycles. The zero-order valence-electron chi connectivity index (χ0n) is 12.7. The van der Waals surface area contributed by atoms with E-state index in [0.29, 0.717) is 5.65 Å². The maximum absolute atomic E-state index is 4.57. The average Bonchev–Trinajstić information content (AvgIpc) is 2.79. The van der Waals surface area contributed by atoms with Crippen molar-refractivity contribution in [2.45, 2.75) is 31.7 Å². The van der Waals surface area contributed by atoms with Gasteiger partial charge >= 0.3 is 0 Å². The van der Waals surface area contributed by atoms with Gasteiger partial charge in [0.25, 0.3) is 0 Å². The standard InChI is InChI=1S/C18H18N4/c1-18(2)11-15(12-5-3-4-6-13(12)18)21-16-8-7-14-17(22-16)20-10-9-19-14/h3-10,15H,11H2,1-2H3,(H,20,21,22). The Balaban J connectivity index is 1.69. The molecule has 4 rings (SSSR count). The summed E-state index contributed by atoms with van der Waals surface area (Å²) in [6.07, 6.45) is 4.42. The first-order chi connectivity index (χ1) is 10.6. The van der Waals surface area contributed by atoms with E-state index >= 15 is 0 Å². The molecule has 4 heteroatoms. The smallest absolute Gasteiger partial charge is 0.180 e. The lowest BCUT2D eigenvalue weighted by Gasteiger charge is -2.19. The Morgan fingerprint density at radius 3 is 2.77 bits per heavy atom. The van der Waals surface area contributed by atoms with Crippen LogP contribution in [0.15, 0.2) is 48.8 Å². The van der Waals surface area contributed by atoms with Crippen LogP contribution in [-0.2, 0) is 5.41 Å². The van der Waals surface area contributed by atoms with Crippen molar-refractivity contribution >= 4 is 17.0 Å². The molecule has 0 bridgehead atoms. The van der Waals surface area contributed by atoms with Crippen LogP contribution in [0.2, 0.25) is 0 Å². The second-order valence-electron chi connectivity index (χ2n) is 6.47. The summed E-state index contributed by atoms with van der Waals surface area (Å²) in [5.74, 6) is 0.852. The molecular formula is C18H18N4. The van der Waals surface area contributed by atoms with E-state index in [4.69, 9.17) is 0 Å². The maximum atomic E-state index is 4.57.